The van der Waals surface area contributed by atoms with Crippen LogP contribution in [0.5, 0.6) is 0 Å². The molecule has 1 atom stereocenters. The van der Waals surface area contributed by atoms with Crippen LogP contribution in [0.1, 0.15) is 69.9 Å². The first-order chi connectivity index (χ1) is 9.35. The van der Waals surface area contributed by atoms with Gasteiger partial charge >= 0.3 is 0 Å². The monoisotopic (exact) mass is 262 g/mol. The third kappa shape index (κ3) is 4.68. The zero-order chi connectivity index (χ0) is 13.5. The third-order valence-corrected chi connectivity index (χ3v) is 4.31. The van der Waals surface area contributed by atoms with Gasteiger partial charge < -0.3 is 9.88 Å². The number of rotatable bonds is 10. The molecule has 0 spiro atoms. The highest BCUT2D eigenvalue weighted by Crippen LogP contribution is 2.40. The van der Waals surface area contributed by atoms with Crippen LogP contribution in [0.4, 0.5) is 0 Å². The molecule has 1 aromatic heterocycles. The lowest BCUT2D eigenvalue weighted by molar-refractivity contribution is 0.524. The first kappa shape index (κ1) is 14.6. The summed E-state index contributed by atoms with van der Waals surface area (Å²) < 4.78 is 2.38. The molecule has 0 bridgehead atoms. The van der Waals surface area contributed by atoms with E-state index in [0.29, 0.717) is 6.04 Å². The summed E-state index contributed by atoms with van der Waals surface area (Å²) in [6.07, 6.45) is 15.7. The second-order valence-corrected chi connectivity index (χ2v) is 6.05. The zero-order valence-corrected chi connectivity index (χ0v) is 12.7. The molecule has 0 aromatic carbocycles. The summed E-state index contributed by atoms with van der Waals surface area (Å²) in [6.45, 7) is 3.46. The van der Waals surface area contributed by atoms with Crippen LogP contribution in [0.25, 0.3) is 0 Å². The second kappa shape index (κ2) is 7.74. The number of hydrogen-bond donors (Lipinski definition) is 1. The van der Waals surface area contributed by atoms with E-state index in [9.17, 15) is 0 Å². The van der Waals surface area contributed by atoms with Crippen LogP contribution in [0.2, 0.25) is 0 Å². The Morgan fingerprint density at radius 1 is 1.21 bits per heavy atom. The van der Waals surface area contributed by atoms with Gasteiger partial charge in [0.1, 0.15) is 0 Å². The lowest BCUT2D eigenvalue weighted by atomic mass is 10.1. The smallest absolute Gasteiger partial charge is 0.0361 e. The molecule has 0 amide bonds. The van der Waals surface area contributed by atoms with Gasteiger partial charge in [0.25, 0.3) is 0 Å². The van der Waals surface area contributed by atoms with Crippen molar-refractivity contribution in [1.82, 2.24) is 9.88 Å². The molecule has 1 N–H and O–H groups in total. The first-order valence-electron chi connectivity index (χ1n) is 8.18. The summed E-state index contributed by atoms with van der Waals surface area (Å²) in [5, 5.41) is 3.47. The van der Waals surface area contributed by atoms with Crippen molar-refractivity contribution in [2.45, 2.75) is 70.9 Å². The fourth-order valence-electron chi connectivity index (χ4n) is 2.96. The molecule has 19 heavy (non-hydrogen) atoms. The van der Waals surface area contributed by atoms with E-state index in [1.165, 1.54) is 63.5 Å². The largest absolute Gasteiger partial charge is 0.354 e. The van der Waals surface area contributed by atoms with Gasteiger partial charge in [0.05, 0.1) is 0 Å². The quantitative estimate of drug-likeness (QED) is 0.613. The Bertz CT molecular complexity index is 352. The Labute approximate surface area is 118 Å². The maximum atomic E-state index is 3.47. The Hall–Kier alpha value is -0.760. The summed E-state index contributed by atoms with van der Waals surface area (Å²) >= 11 is 0. The van der Waals surface area contributed by atoms with Crippen LogP contribution >= 0.6 is 0 Å². The van der Waals surface area contributed by atoms with Gasteiger partial charge in [0, 0.05) is 25.0 Å². The van der Waals surface area contributed by atoms with Gasteiger partial charge in [-0.1, -0.05) is 39.0 Å². The van der Waals surface area contributed by atoms with E-state index in [1.807, 2.05) is 0 Å². The molecule has 2 rings (SSSR count). The van der Waals surface area contributed by atoms with Gasteiger partial charge in [-0.2, -0.15) is 0 Å². The molecule has 1 unspecified atom stereocenters. The molecule has 0 aliphatic heterocycles. The molecule has 0 radical (unpaired) electrons. The second-order valence-electron chi connectivity index (χ2n) is 6.05. The number of aromatic nitrogens is 1. The van der Waals surface area contributed by atoms with Gasteiger partial charge in [-0.05, 0) is 43.9 Å². The van der Waals surface area contributed by atoms with Crippen LogP contribution in [0, 0.1) is 5.92 Å². The first-order valence-corrected chi connectivity index (χ1v) is 8.18. The number of aryl methyl sites for hydroxylation is 1. The topological polar surface area (TPSA) is 17.0 Å². The molecule has 2 heteroatoms. The maximum absolute atomic E-state index is 3.47. The van der Waals surface area contributed by atoms with E-state index in [-0.39, 0.29) is 0 Å². The minimum atomic E-state index is 0.589. The molecule has 1 saturated carbocycles. The summed E-state index contributed by atoms with van der Waals surface area (Å²) in [5.41, 5.74) is 1.48. The van der Waals surface area contributed by atoms with E-state index in [0.717, 1.165) is 5.92 Å². The average molecular weight is 262 g/mol. The summed E-state index contributed by atoms with van der Waals surface area (Å²) in [7, 11) is 2.09. The fourth-order valence-corrected chi connectivity index (χ4v) is 2.96. The Morgan fingerprint density at radius 2 is 1.95 bits per heavy atom. The number of hydrogen-bond acceptors (Lipinski definition) is 1. The number of nitrogens with zero attached hydrogens (tertiary/aromatic N) is 1. The van der Waals surface area contributed by atoms with Crippen molar-refractivity contribution in [3.8, 4) is 0 Å². The van der Waals surface area contributed by atoms with E-state index in [4.69, 9.17) is 0 Å². The predicted molar refractivity (Wildman–Crippen MR) is 82.3 cm³/mol. The number of nitrogens with one attached hydrogen (secondary N) is 1. The molecule has 1 aromatic rings. The minimum Gasteiger partial charge on any atom is -0.354 e. The van der Waals surface area contributed by atoms with Crippen LogP contribution in [-0.4, -0.2) is 11.6 Å². The molecular weight excluding hydrogens is 232 g/mol. The van der Waals surface area contributed by atoms with E-state index in [2.05, 4.69) is 42.3 Å². The number of unbranched alkanes of at least 4 members (excludes halogenated alkanes) is 5. The summed E-state index contributed by atoms with van der Waals surface area (Å²) in [6, 6.07) is 2.89. The van der Waals surface area contributed by atoms with Gasteiger partial charge in [-0.3, -0.25) is 0 Å². The van der Waals surface area contributed by atoms with E-state index < -0.39 is 0 Å². The molecule has 0 saturated heterocycles. The normalized spacial score (nSPS) is 16.7. The van der Waals surface area contributed by atoms with Gasteiger partial charge in [-0.15, -0.1) is 0 Å². The van der Waals surface area contributed by atoms with Crippen molar-refractivity contribution in [2.24, 2.45) is 5.92 Å². The molecule has 1 aliphatic rings. The molecule has 1 heterocycles. The average Bonchev–Trinajstić information content (AvgIpc) is 3.14. The van der Waals surface area contributed by atoms with Crippen molar-refractivity contribution in [1.29, 1.82) is 0 Å². The third-order valence-electron chi connectivity index (χ3n) is 4.31. The van der Waals surface area contributed by atoms with Crippen LogP contribution in [-0.2, 0) is 6.54 Å². The van der Waals surface area contributed by atoms with E-state index >= 15 is 0 Å². The van der Waals surface area contributed by atoms with Crippen molar-refractivity contribution in [3.63, 3.8) is 0 Å². The highest BCUT2D eigenvalue weighted by atomic mass is 15.0. The molecule has 108 valence electrons. The lowest BCUT2D eigenvalue weighted by Gasteiger charge is -2.13. The highest BCUT2D eigenvalue weighted by molar-refractivity contribution is 5.18. The highest BCUT2D eigenvalue weighted by Gasteiger charge is 2.31. The van der Waals surface area contributed by atoms with Crippen LogP contribution in [0.3, 0.4) is 0 Å². The predicted octanol–water partition coefficient (Wildman–Crippen LogP) is 4.52. The molecule has 2 nitrogen and oxygen atoms in total. The van der Waals surface area contributed by atoms with Crippen molar-refractivity contribution in [3.05, 3.63) is 24.0 Å². The van der Waals surface area contributed by atoms with Gasteiger partial charge in [-0.25, -0.2) is 0 Å². The SMILES string of the molecule is CCCCCCCCn1ccc(C(NC)C2CC2)c1. The van der Waals surface area contributed by atoms with Crippen molar-refractivity contribution >= 4 is 0 Å². The van der Waals surface area contributed by atoms with Crippen molar-refractivity contribution in [2.75, 3.05) is 7.05 Å². The van der Waals surface area contributed by atoms with Crippen LogP contribution in [0.15, 0.2) is 18.5 Å². The van der Waals surface area contributed by atoms with Crippen molar-refractivity contribution < 1.29 is 0 Å². The molecule has 1 fully saturated rings. The lowest BCUT2D eigenvalue weighted by Crippen LogP contribution is -2.17. The molecular formula is C17H30N2. The Balaban J connectivity index is 1.68. The Morgan fingerprint density at radius 3 is 2.63 bits per heavy atom. The summed E-state index contributed by atoms with van der Waals surface area (Å²) in [4.78, 5) is 0. The minimum absolute atomic E-state index is 0.589. The van der Waals surface area contributed by atoms with Gasteiger partial charge in [0.2, 0.25) is 0 Å². The maximum Gasteiger partial charge on any atom is 0.0361 e. The van der Waals surface area contributed by atoms with E-state index in [1.54, 1.807) is 0 Å². The van der Waals surface area contributed by atoms with Crippen LogP contribution < -0.4 is 5.32 Å². The molecule has 1 aliphatic carbocycles. The summed E-state index contributed by atoms with van der Waals surface area (Å²) in [5.74, 6) is 0.884. The standard InChI is InChI=1S/C17H30N2/c1-3-4-5-6-7-8-12-19-13-11-16(14-19)17(18-2)15-9-10-15/h11,13-15,17-18H,3-10,12H2,1-2H3. The fraction of sp³-hybridized carbons (Fsp3) is 0.765. The zero-order valence-electron chi connectivity index (χ0n) is 12.7. The van der Waals surface area contributed by atoms with Gasteiger partial charge in [0.15, 0.2) is 0 Å². The Kier molecular flexibility index (Phi) is 5.96.